The standard InChI is InChI=1S/C20H30N4O2S2/c1-6-23-18(15-7-9-16(10-8-15)20(2,3)4)21-24(19(23)27)14-22(5)17-11-12-28(25,26)13-17/h7-10,17H,6,11-14H2,1-5H3. The number of rotatable bonds is 5. The lowest BCUT2D eigenvalue weighted by Crippen LogP contribution is -2.34. The van der Waals surface area contributed by atoms with Gasteiger partial charge in [0.2, 0.25) is 0 Å². The Morgan fingerprint density at radius 3 is 2.39 bits per heavy atom. The molecule has 1 aliphatic heterocycles. The molecule has 154 valence electrons. The summed E-state index contributed by atoms with van der Waals surface area (Å²) in [5.74, 6) is 1.33. The van der Waals surface area contributed by atoms with Gasteiger partial charge in [-0.3, -0.25) is 4.90 Å². The predicted octanol–water partition coefficient (Wildman–Crippen LogP) is 3.47. The highest BCUT2D eigenvalue weighted by atomic mass is 32.2. The molecular weight excluding hydrogens is 392 g/mol. The minimum absolute atomic E-state index is 0.0215. The van der Waals surface area contributed by atoms with Crippen LogP contribution in [0.15, 0.2) is 24.3 Å². The summed E-state index contributed by atoms with van der Waals surface area (Å²) in [6, 6.07) is 8.51. The largest absolute Gasteiger partial charge is 0.300 e. The van der Waals surface area contributed by atoms with Gasteiger partial charge in [-0.2, -0.15) is 5.10 Å². The first-order valence-electron chi connectivity index (χ1n) is 9.71. The van der Waals surface area contributed by atoms with Crippen LogP contribution in [-0.2, 0) is 28.5 Å². The first-order chi connectivity index (χ1) is 13.0. The Balaban J connectivity index is 1.87. The summed E-state index contributed by atoms with van der Waals surface area (Å²) in [4.78, 5) is 2.04. The molecule has 1 fully saturated rings. The molecular formula is C20H30N4O2S2. The van der Waals surface area contributed by atoms with Gasteiger partial charge >= 0.3 is 0 Å². The summed E-state index contributed by atoms with van der Waals surface area (Å²) in [5.41, 5.74) is 2.41. The smallest absolute Gasteiger partial charge is 0.199 e. The third-order valence-electron chi connectivity index (χ3n) is 5.44. The van der Waals surface area contributed by atoms with Crippen molar-refractivity contribution in [2.24, 2.45) is 0 Å². The highest BCUT2D eigenvalue weighted by molar-refractivity contribution is 7.91. The molecule has 2 heterocycles. The van der Waals surface area contributed by atoms with Crippen LogP contribution in [0.2, 0.25) is 0 Å². The molecule has 0 aliphatic carbocycles. The maximum Gasteiger partial charge on any atom is 0.199 e. The van der Waals surface area contributed by atoms with Crippen molar-refractivity contribution in [2.75, 3.05) is 18.6 Å². The molecule has 0 bridgehead atoms. The second kappa shape index (κ2) is 7.72. The lowest BCUT2D eigenvalue weighted by atomic mass is 9.87. The molecule has 0 amide bonds. The van der Waals surface area contributed by atoms with E-state index in [1.54, 1.807) is 4.68 Å². The summed E-state index contributed by atoms with van der Waals surface area (Å²) in [7, 11) is -0.972. The molecule has 3 rings (SSSR count). The average molecular weight is 423 g/mol. The average Bonchev–Trinajstić information content (AvgIpc) is 3.14. The summed E-state index contributed by atoms with van der Waals surface area (Å²) in [5, 5.41) is 4.77. The fourth-order valence-corrected chi connectivity index (χ4v) is 5.72. The van der Waals surface area contributed by atoms with Crippen LogP contribution >= 0.6 is 12.2 Å². The Kier molecular flexibility index (Phi) is 5.85. The topological polar surface area (TPSA) is 60.1 Å². The molecule has 1 aliphatic rings. The van der Waals surface area contributed by atoms with Gasteiger partial charge in [-0.25, -0.2) is 13.1 Å². The molecule has 6 nitrogen and oxygen atoms in total. The van der Waals surface area contributed by atoms with Gasteiger partial charge in [0.25, 0.3) is 0 Å². The van der Waals surface area contributed by atoms with Crippen LogP contribution in [0.4, 0.5) is 0 Å². The minimum atomic E-state index is -2.91. The van der Waals surface area contributed by atoms with Crippen LogP contribution in [0.3, 0.4) is 0 Å². The number of benzene rings is 1. The molecule has 0 spiro atoms. The van der Waals surface area contributed by atoms with Crippen molar-refractivity contribution in [3.63, 3.8) is 0 Å². The highest BCUT2D eigenvalue weighted by Crippen LogP contribution is 2.26. The molecule has 0 radical (unpaired) electrons. The maximum absolute atomic E-state index is 11.8. The van der Waals surface area contributed by atoms with Crippen LogP contribution in [0.25, 0.3) is 11.4 Å². The van der Waals surface area contributed by atoms with Crippen LogP contribution in [0, 0.1) is 4.77 Å². The lowest BCUT2D eigenvalue weighted by Gasteiger charge is -2.22. The highest BCUT2D eigenvalue weighted by Gasteiger charge is 2.31. The van der Waals surface area contributed by atoms with E-state index in [4.69, 9.17) is 17.3 Å². The van der Waals surface area contributed by atoms with E-state index >= 15 is 0 Å². The van der Waals surface area contributed by atoms with Gasteiger partial charge in [0.15, 0.2) is 20.4 Å². The number of aromatic nitrogens is 3. The molecule has 0 saturated carbocycles. The first kappa shape index (κ1) is 21.2. The van der Waals surface area contributed by atoms with Crippen molar-refractivity contribution in [2.45, 2.75) is 58.8 Å². The van der Waals surface area contributed by atoms with Gasteiger partial charge in [-0.1, -0.05) is 45.0 Å². The van der Waals surface area contributed by atoms with Crippen molar-refractivity contribution in [1.82, 2.24) is 19.2 Å². The number of hydrogen-bond donors (Lipinski definition) is 0. The quantitative estimate of drug-likeness (QED) is 0.691. The van der Waals surface area contributed by atoms with Crippen LogP contribution in [0.1, 0.15) is 39.7 Å². The zero-order valence-corrected chi connectivity index (χ0v) is 19.0. The summed E-state index contributed by atoms with van der Waals surface area (Å²) >= 11 is 5.65. The van der Waals surface area contributed by atoms with E-state index in [0.29, 0.717) is 17.9 Å². The Bertz CT molecular complexity index is 998. The monoisotopic (exact) mass is 422 g/mol. The van der Waals surface area contributed by atoms with E-state index in [1.165, 1.54) is 5.56 Å². The summed E-state index contributed by atoms with van der Waals surface area (Å²) < 4.78 is 28.0. The number of nitrogens with zero attached hydrogens (tertiary/aromatic N) is 4. The zero-order valence-electron chi connectivity index (χ0n) is 17.3. The van der Waals surface area contributed by atoms with E-state index in [9.17, 15) is 8.42 Å². The van der Waals surface area contributed by atoms with Crippen LogP contribution in [0.5, 0.6) is 0 Å². The zero-order chi connectivity index (χ0) is 20.7. The second-order valence-corrected chi connectivity index (χ2v) is 11.2. The molecule has 1 saturated heterocycles. The third-order valence-corrected chi connectivity index (χ3v) is 7.62. The lowest BCUT2D eigenvalue weighted by molar-refractivity contribution is 0.196. The van der Waals surface area contributed by atoms with E-state index in [0.717, 1.165) is 17.9 Å². The predicted molar refractivity (Wildman–Crippen MR) is 116 cm³/mol. The van der Waals surface area contributed by atoms with Crippen molar-refractivity contribution < 1.29 is 8.42 Å². The number of hydrogen-bond acceptors (Lipinski definition) is 5. The van der Waals surface area contributed by atoms with Crippen molar-refractivity contribution >= 4 is 22.1 Å². The molecule has 1 unspecified atom stereocenters. The van der Waals surface area contributed by atoms with E-state index in [1.807, 2.05) is 16.5 Å². The summed E-state index contributed by atoms with van der Waals surface area (Å²) in [6.45, 7) is 9.87. The van der Waals surface area contributed by atoms with Gasteiger partial charge in [-0.05, 0) is 43.6 Å². The number of sulfone groups is 1. The molecule has 0 N–H and O–H groups in total. The molecule has 28 heavy (non-hydrogen) atoms. The Morgan fingerprint density at radius 2 is 1.89 bits per heavy atom. The molecule has 1 atom stereocenters. The normalized spacial score (nSPS) is 19.4. The van der Waals surface area contributed by atoms with Gasteiger partial charge < -0.3 is 4.57 Å². The fraction of sp³-hybridized carbons (Fsp3) is 0.600. The minimum Gasteiger partial charge on any atom is -0.300 e. The van der Waals surface area contributed by atoms with Crippen LogP contribution in [-0.4, -0.2) is 52.3 Å². The Hall–Kier alpha value is -1.51. The molecule has 1 aromatic heterocycles. The van der Waals surface area contributed by atoms with Crippen molar-refractivity contribution in [1.29, 1.82) is 0 Å². The van der Waals surface area contributed by atoms with Crippen molar-refractivity contribution in [3.8, 4) is 11.4 Å². The molecule has 1 aromatic carbocycles. The fourth-order valence-electron chi connectivity index (χ4n) is 3.60. The third kappa shape index (κ3) is 4.39. The van der Waals surface area contributed by atoms with Gasteiger partial charge in [-0.15, -0.1) is 0 Å². The Labute approximate surface area is 173 Å². The SMILES string of the molecule is CCn1c(-c2ccc(C(C)(C)C)cc2)nn(CN(C)C2CCS(=O)(=O)C2)c1=S. The maximum atomic E-state index is 11.8. The molecule has 2 aromatic rings. The summed E-state index contributed by atoms with van der Waals surface area (Å²) in [6.07, 6.45) is 0.668. The van der Waals surface area contributed by atoms with E-state index in [2.05, 4.69) is 52.0 Å². The second-order valence-electron chi connectivity index (χ2n) is 8.63. The van der Waals surface area contributed by atoms with Gasteiger partial charge in [0, 0.05) is 18.2 Å². The molecule has 8 heteroatoms. The Morgan fingerprint density at radius 1 is 1.25 bits per heavy atom. The van der Waals surface area contributed by atoms with Gasteiger partial charge in [0.05, 0.1) is 18.2 Å². The van der Waals surface area contributed by atoms with Crippen molar-refractivity contribution in [3.05, 3.63) is 34.6 Å². The van der Waals surface area contributed by atoms with E-state index < -0.39 is 9.84 Å². The van der Waals surface area contributed by atoms with E-state index in [-0.39, 0.29) is 23.0 Å². The van der Waals surface area contributed by atoms with Crippen LogP contribution < -0.4 is 0 Å². The van der Waals surface area contributed by atoms with Gasteiger partial charge in [0.1, 0.15) is 0 Å². The first-order valence-corrected chi connectivity index (χ1v) is 11.9.